The quantitative estimate of drug-likeness (QED) is 0.267. The number of halogens is 4. The van der Waals surface area contributed by atoms with Crippen LogP contribution in [0.5, 0.6) is 5.75 Å². The van der Waals surface area contributed by atoms with E-state index in [1.807, 2.05) is 4.90 Å². The summed E-state index contributed by atoms with van der Waals surface area (Å²) in [5.41, 5.74) is -0.551. The lowest BCUT2D eigenvalue weighted by molar-refractivity contribution is -0.153. The normalized spacial score (nSPS) is 16.5. The molecule has 6 nitrogen and oxygen atoms in total. The van der Waals surface area contributed by atoms with Gasteiger partial charge in [-0.1, -0.05) is 0 Å². The molecule has 1 aliphatic heterocycles. The third-order valence-corrected chi connectivity index (χ3v) is 7.55. The minimum absolute atomic E-state index is 0.0260. The Labute approximate surface area is 217 Å². The van der Waals surface area contributed by atoms with Crippen molar-refractivity contribution in [3.8, 4) is 5.75 Å². The zero-order chi connectivity index (χ0) is 27.4. The van der Waals surface area contributed by atoms with Gasteiger partial charge in [0.2, 0.25) is 0 Å². The Bertz CT molecular complexity index is 1310. The van der Waals surface area contributed by atoms with Gasteiger partial charge in [-0.15, -0.1) is 0 Å². The van der Waals surface area contributed by atoms with Gasteiger partial charge < -0.3 is 19.8 Å². The Morgan fingerprint density at radius 3 is 2.55 bits per heavy atom. The molecule has 0 aliphatic carbocycles. The smallest absolute Gasteiger partial charge is 0.309 e. The average molecular weight is 535 g/mol. The molecule has 2 heterocycles. The third-order valence-electron chi connectivity index (χ3n) is 7.55. The summed E-state index contributed by atoms with van der Waals surface area (Å²) in [5, 5.41) is 21.4. The number of likely N-dealkylation sites (tertiary alicyclic amines) is 1. The van der Waals surface area contributed by atoms with Crippen molar-refractivity contribution in [2.75, 3.05) is 26.7 Å². The Morgan fingerprint density at radius 2 is 1.87 bits per heavy atom. The minimum Gasteiger partial charge on any atom is -0.497 e. The molecule has 3 aromatic rings. The molecule has 2 aromatic carbocycles. The number of aliphatic hydroxyl groups excluding tert-OH is 1. The maximum Gasteiger partial charge on any atom is 0.309 e. The van der Waals surface area contributed by atoms with E-state index in [4.69, 9.17) is 4.74 Å². The van der Waals surface area contributed by atoms with E-state index in [9.17, 15) is 32.6 Å². The van der Waals surface area contributed by atoms with Crippen molar-refractivity contribution in [1.82, 2.24) is 9.88 Å². The molecule has 1 saturated heterocycles. The van der Waals surface area contributed by atoms with E-state index < -0.39 is 40.8 Å². The first-order valence-corrected chi connectivity index (χ1v) is 12.5. The van der Waals surface area contributed by atoms with E-state index in [2.05, 4.69) is 4.98 Å². The fraction of sp³-hybridized carbons (Fsp3) is 0.429. The number of fused-ring (bicyclic) bond motifs is 1. The summed E-state index contributed by atoms with van der Waals surface area (Å²) in [6.45, 7) is 1.45. The van der Waals surface area contributed by atoms with Crippen molar-refractivity contribution >= 4 is 16.9 Å². The molecule has 0 bridgehead atoms. The molecule has 0 saturated carbocycles. The molecule has 38 heavy (non-hydrogen) atoms. The number of ether oxygens (including phenoxy) is 1. The molecule has 4 rings (SSSR count). The fourth-order valence-corrected chi connectivity index (χ4v) is 5.25. The van der Waals surface area contributed by atoms with Crippen molar-refractivity contribution in [3.05, 3.63) is 70.9 Å². The molecular weight excluding hydrogens is 504 g/mol. The van der Waals surface area contributed by atoms with Gasteiger partial charge in [0.05, 0.1) is 30.3 Å². The Balaban J connectivity index is 1.37. The van der Waals surface area contributed by atoms with Crippen LogP contribution in [0.1, 0.15) is 49.3 Å². The molecule has 1 fully saturated rings. The molecule has 1 atom stereocenters. The Morgan fingerprint density at radius 1 is 1.13 bits per heavy atom. The highest BCUT2D eigenvalue weighted by Crippen LogP contribution is 2.40. The van der Waals surface area contributed by atoms with Crippen LogP contribution in [-0.2, 0) is 11.2 Å². The van der Waals surface area contributed by atoms with E-state index in [1.165, 1.54) is 7.11 Å². The monoisotopic (exact) mass is 534 g/mol. The third kappa shape index (κ3) is 5.91. The highest BCUT2D eigenvalue weighted by Gasteiger charge is 2.41. The second-order valence-corrected chi connectivity index (χ2v) is 9.85. The van der Waals surface area contributed by atoms with E-state index in [0.717, 1.165) is 12.3 Å². The molecule has 2 N–H and O–H groups in total. The average Bonchev–Trinajstić information content (AvgIpc) is 2.90. The number of hydrogen-bond donors (Lipinski definition) is 2. The molecule has 0 spiro atoms. The van der Waals surface area contributed by atoms with Crippen molar-refractivity contribution < 1.29 is 37.3 Å². The van der Waals surface area contributed by atoms with Crippen LogP contribution < -0.4 is 4.74 Å². The van der Waals surface area contributed by atoms with Crippen molar-refractivity contribution in [2.24, 2.45) is 5.41 Å². The van der Waals surface area contributed by atoms with Crippen LogP contribution >= 0.6 is 0 Å². The van der Waals surface area contributed by atoms with Crippen LogP contribution in [0, 0.1) is 28.7 Å². The van der Waals surface area contributed by atoms with Crippen LogP contribution in [0.15, 0.2) is 36.5 Å². The summed E-state index contributed by atoms with van der Waals surface area (Å²) < 4.78 is 60.7. The van der Waals surface area contributed by atoms with Gasteiger partial charge in [-0.05, 0) is 88.0 Å². The number of aliphatic carboxylic acids is 1. The topological polar surface area (TPSA) is 82.9 Å². The molecular formula is C28H30F4N2O4. The van der Waals surface area contributed by atoms with Gasteiger partial charge in [-0.2, -0.15) is 0 Å². The summed E-state index contributed by atoms with van der Waals surface area (Å²) >= 11 is 0. The lowest BCUT2D eigenvalue weighted by Crippen LogP contribution is -2.44. The highest BCUT2D eigenvalue weighted by molar-refractivity contribution is 5.84. The number of aryl methyl sites for hydroxylation is 1. The van der Waals surface area contributed by atoms with Crippen LogP contribution in [-0.4, -0.2) is 52.8 Å². The summed E-state index contributed by atoms with van der Waals surface area (Å²) in [5.74, 6) is -4.26. The van der Waals surface area contributed by atoms with Gasteiger partial charge in [0.25, 0.3) is 0 Å². The number of methoxy groups -OCH3 is 1. The van der Waals surface area contributed by atoms with Crippen LogP contribution in [0.3, 0.4) is 0 Å². The number of piperidine rings is 1. The molecule has 0 unspecified atom stereocenters. The molecule has 204 valence electrons. The van der Waals surface area contributed by atoms with Gasteiger partial charge in [0.1, 0.15) is 17.4 Å². The van der Waals surface area contributed by atoms with Gasteiger partial charge in [-0.25, -0.2) is 17.6 Å². The van der Waals surface area contributed by atoms with Crippen molar-refractivity contribution in [1.29, 1.82) is 0 Å². The number of aromatic nitrogens is 1. The predicted octanol–water partition coefficient (Wildman–Crippen LogP) is 5.41. The largest absolute Gasteiger partial charge is 0.497 e. The molecule has 1 aliphatic rings. The van der Waals surface area contributed by atoms with E-state index in [1.54, 1.807) is 18.2 Å². The number of carbonyl (C=O) groups is 1. The van der Waals surface area contributed by atoms with E-state index >= 15 is 0 Å². The van der Waals surface area contributed by atoms with E-state index in [-0.39, 0.29) is 30.4 Å². The van der Waals surface area contributed by atoms with Gasteiger partial charge in [0, 0.05) is 17.0 Å². The number of aliphatic hydroxyl groups is 1. The zero-order valence-electron chi connectivity index (χ0n) is 21.0. The van der Waals surface area contributed by atoms with Crippen molar-refractivity contribution in [3.63, 3.8) is 0 Å². The fourth-order valence-electron chi connectivity index (χ4n) is 5.25. The van der Waals surface area contributed by atoms with Crippen LogP contribution in [0.25, 0.3) is 10.9 Å². The standard InChI is InChI=1S/C28H30F4N2O4/c1-38-19-4-5-23-20(15-19)25(22(31)16-33-23)24(35)6-7-28(27(36)37)8-11-34(12-9-28)10-2-3-17-13-18(29)14-21(30)26(17)32/h4-5,13-16,24,35H,2-3,6-12H2,1H3,(H,36,37)/t24-/m1/s1. The number of nitrogens with zero attached hydrogens (tertiary/aromatic N) is 2. The first kappa shape index (κ1) is 27.8. The maximum atomic E-state index is 14.7. The maximum absolute atomic E-state index is 14.7. The van der Waals surface area contributed by atoms with Crippen LogP contribution in [0.4, 0.5) is 17.6 Å². The number of pyridine rings is 1. The summed E-state index contributed by atoms with van der Waals surface area (Å²) in [4.78, 5) is 18.4. The summed E-state index contributed by atoms with van der Waals surface area (Å²) in [6, 6.07) is 6.44. The molecule has 0 radical (unpaired) electrons. The minimum atomic E-state index is -1.23. The lowest BCUT2D eigenvalue weighted by atomic mass is 9.74. The Kier molecular flexibility index (Phi) is 8.52. The molecule has 1 aromatic heterocycles. The SMILES string of the molecule is COc1ccc2ncc(F)c([C@H](O)CCC3(C(=O)O)CCN(CCCc4cc(F)cc(F)c4F)CC3)c2c1. The van der Waals surface area contributed by atoms with Gasteiger partial charge in [0.15, 0.2) is 11.6 Å². The number of rotatable bonds is 10. The highest BCUT2D eigenvalue weighted by atomic mass is 19.2. The first-order valence-electron chi connectivity index (χ1n) is 12.5. The number of benzene rings is 2. The first-order chi connectivity index (χ1) is 18.1. The molecule has 10 heteroatoms. The summed E-state index contributed by atoms with van der Waals surface area (Å²) in [6.07, 6.45) is 1.27. The predicted molar refractivity (Wildman–Crippen MR) is 133 cm³/mol. The van der Waals surface area contributed by atoms with Crippen molar-refractivity contribution in [2.45, 2.75) is 44.6 Å². The number of hydrogen-bond acceptors (Lipinski definition) is 5. The second-order valence-electron chi connectivity index (χ2n) is 9.85. The molecule has 0 amide bonds. The summed E-state index contributed by atoms with van der Waals surface area (Å²) in [7, 11) is 1.48. The zero-order valence-corrected chi connectivity index (χ0v) is 21.0. The van der Waals surface area contributed by atoms with Crippen LogP contribution in [0.2, 0.25) is 0 Å². The second kappa shape index (κ2) is 11.7. The van der Waals surface area contributed by atoms with Gasteiger partial charge >= 0.3 is 5.97 Å². The van der Waals surface area contributed by atoms with E-state index in [0.29, 0.717) is 61.6 Å². The lowest BCUT2D eigenvalue weighted by Gasteiger charge is -2.39. The number of carboxylic acids is 1. The van der Waals surface area contributed by atoms with Gasteiger partial charge in [-0.3, -0.25) is 9.78 Å². The Hall–Kier alpha value is -3.24. The number of carboxylic acid groups (broad SMARTS) is 1.